The molecule has 0 aliphatic carbocycles. The highest BCUT2D eigenvalue weighted by molar-refractivity contribution is 14.0. The first kappa shape index (κ1) is 25.4. The van der Waals surface area contributed by atoms with Gasteiger partial charge in [-0.25, -0.2) is 0 Å². The Kier molecular flexibility index (Phi) is 11.3. The fourth-order valence-electron chi connectivity index (χ4n) is 2.34. The van der Waals surface area contributed by atoms with Crippen LogP contribution in [0.5, 0.6) is 5.75 Å². The topological polar surface area (TPSA) is 86.2 Å². The molecule has 1 rings (SSSR count). The molecule has 8 heteroatoms. The SMILES string of the molecule is CCNC(=NCC(O)c1cccc(OC)c1)N(C)CC(=O)NC(C)(C)C.I. The first-order valence-corrected chi connectivity index (χ1v) is 8.78. The van der Waals surface area contributed by atoms with E-state index >= 15 is 0 Å². The van der Waals surface area contributed by atoms with Crippen molar-refractivity contribution >= 4 is 35.8 Å². The van der Waals surface area contributed by atoms with Crippen LogP contribution in [0.2, 0.25) is 0 Å². The summed E-state index contributed by atoms with van der Waals surface area (Å²) in [7, 11) is 3.38. The minimum Gasteiger partial charge on any atom is -0.497 e. The van der Waals surface area contributed by atoms with Crippen molar-refractivity contribution < 1.29 is 14.6 Å². The summed E-state index contributed by atoms with van der Waals surface area (Å²) in [6.07, 6.45) is -0.754. The highest BCUT2D eigenvalue weighted by Gasteiger charge is 2.17. The Morgan fingerprint density at radius 1 is 1.37 bits per heavy atom. The van der Waals surface area contributed by atoms with E-state index in [0.29, 0.717) is 18.3 Å². The molecule has 0 bridgehead atoms. The molecule has 0 saturated carbocycles. The van der Waals surface area contributed by atoms with E-state index in [2.05, 4.69) is 15.6 Å². The van der Waals surface area contributed by atoms with Gasteiger partial charge in [0.2, 0.25) is 5.91 Å². The quantitative estimate of drug-likeness (QED) is 0.309. The van der Waals surface area contributed by atoms with Gasteiger partial charge in [-0.15, -0.1) is 24.0 Å². The number of nitrogens with zero attached hydrogens (tertiary/aromatic N) is 2. The monoisotopic (exact) mass is 492 g/mol. The number of benzene rings is 1. The van der Waals surface area contributed by atoms with Crippen LogP contribution >= 0.6 is 24.0 Å². The number of likely N-dealkylation sites (N-methyl/N-ethyl adjacent to an activating group) is 1. The Morgan fingerprint density at radius 2 is 2.04 bits per heavy atom. The normalized spacial score (nSPS) is 12.6. The summed E-state index contributed by atoms with van der Waals surface area (Å²) in [4.78, 5) is 18.3. The second kappa shape index (κ2) is 12.0. The zero-order valence-electron chi connectivity index (χ0n) is 17.1. The molecule has 0 spiro atoms. The lowest BCUT2D eigenvalue weighted by atomic mass is 10.1. The number of guanidine groups is 1. The lowest BCUT2D eigenvalue weighted by Crippen LogP contribution is -2.48. The van der Waals surface area contributed by atoms with E-state index in [4.69, 9.17) is 4.74 Å². The number of methoxy groups -OCH3 is 1. The molecule has 0 aliphatic heterocycles. The molecule has 154 valence electrons. The smallest absolute Gasteiger partial charge is 0.240 e. The number of carbonyl (C=O) groups is 1. The van der Waals surface area contributed by atoms with Crippen LogP contribution in [-0.2, 0) is 4.79 Å². The minimum atomic E-state index is -0.754. The molecule has 0 saturated heterocycles. The Bertz CT molecular complexity index is 617. The molecule has 7 nitrogen and oxygen atoms in total. The van der Waals surface area contributed by atoms with Crippen molar-refractivity contribution in [2.24, 2.45) is 4.99 Å². The third-order valence-corrected chi connectivity index (χ3v) is 3.48. The van der Waals surface area contributed by atoms with Crippen molar-refractivity contribution in [2.45, 2.75) is 39.3 Å². The molecule has 1 aromatic carbocycles. The number of rotatable bonds is 7. The molecule has 3 N–H and O–H groups in total. The number of aliphatic hydroxyl groups is 1. The molecule has 1 unspecified atom stereocenters. The van der Waals surface area contributed by atoms with Crippen molar-refractivity contribution in [3.05, 3.63) is 29.8 Å². The first-order chi connectivity index (χ1) is 12.2. The number of aliphatic hydroxyl groups excluding tert-OH is 1. The highest BCUT2D eigenvalue weighted by Crippen LogP contribution is 2.19. The van der Waals surface area contributed by atoms with Gasteiger partial charge < -0.3 is 25.4 Å². The van der Waals surface area contributed by atoms with Crippen LogP contribution in [0.3, 0.4) is 0 Å². The Morgan fingerprint density at radius 3 is 2.59 bits per heavy atom. The van der Waals surface area contributed by atoms with Gasteiger partial charge in [0.1, 0.15) is 5.75 Å². The van der Waals surface area contributed by atoms with Crippen molar-refractivity contribution in [1.82, 2.24) is 15.5 Å². The van der Waals surface area contributed by atoms with E-state index in [0.717, 1.165) is 5.56 Å². The Balaban J connectivity index is 0.00000676. The van der Waals surface area contributed by atoms with Gasteiger partial charge in [0.25, 0.3) is 0 Å². The van der Waals surface area contributed by atoms with Gasteiger partial charge in [0, 0.05) is 19.1 Å². The molecule has 0 fully saturated rings. The van der Waals surface area contributed by atoms with Gasteiger partial charge in [-0.05, 0) is 45.4 Å². The molecular formula is C19H33IN4O3. The summed E-state index contributed by atoms with van der Waals surface area (Å²) >= 11 is 0. The molecule has 1 amide bonds. The van der Waals surface area contributed by atoms with Crippen LogP contribution in [0.4, 0.5) is 0 Å². The van der Waals surface area contributed by atoms with Gasteiger partial charge in [-0.3, -0.25) is 9.79 Å². The fraction of sp³-hybridized carbons (Fsp3) is 0.579. The second-order valence-corrected chi connectivity index (χ2v) is 7.14. The number of aliphatic imine (C=N–C) groups is 1. The van der Waals surface area contributed by atoms with E-state index in [9.17, 15) is 9.90 Å². The van der Waals surface area contributed by atoms with Crippen molar-refractivity contribution in [1.29, 1.82) is 0 Å². The van der Waals surface area contributed by atoms with E-state index in [1.165, 1.54) is 0 Å². The van der Waals surface area contributed by atoms with E-state index in [1.807, 2.05) is 45.9 Å². The van der Waals surface area contributed by atoms with Crippen molar-refractivity contribution in [2.75, 3.05) is 33.8 Å². The standard InChI is InChI=1S/C19H32N4O3.HI/c1-7-20-18(23(5)13-17(25)22-19(2,3)4)21-12-16(24)14-9-8-10-15(11-14)26-6;/h8-11,16,24H,7,12-13H2,1-6H3,(H,20,21)(H,22,25);1H. The largest absolute Gasteiger partial charge is 0.497 e. The van der Waals surface area contributed by atoms with Crippen molar-refractivity contribution in [3.63, 3.8) is 0 Å². The number of hydrogen-bond donors (Lipinski definition) is 3. The zero-order valence-corrected chi connectivity index (χ0v) is 19.4. The highest BCUT2D eigenvalue weighted by atomic mass is 127. The van der Waals surface area contributed by atoms with Crippen molar-refractivity contribution in [3.8, 4) is 5.75 Å². The average molecular weight is 492 g/mol. The van der Waals surface area contributed by atoms with Gasteiger partial charge in [-0.1, -0.05) is 12.1 Å². The molecule has 0 radical (unpaired) electrons. The van der Waals surface area contributed by atoms with Crippen LogP contribution in [-0.4, -0.2) is 61.2 Å². The van der Waals surface area contributed by atoms with Crippen LogP contribution in [0.15, 0.2) is 29.3 Å². The predicted octanol–water partition coefficient (Wildman–Crippen LogP) is 2.16. The minimum absolute atomic E-state index is 0. The van der Waals surface area contributed by atoms with Crippen LogP contribution in [0.1, 0.15) is 39.4 Å². The third-order valence-electron chi connectivity index (χ3n) is 3.48. The Hall–Kier alpha value is -1.55. The number of hydrogen-bond acceptors (Lipinski definition) is 4. The van der Waals surface area contributed by atoms with E-state index in [1.54, 1.807) is 25.1 Å². The first-order valence-electron chi connectivity index (χ1n) is 8.78. The second-order valence-electron chi connectivity index (χ2n) is 7.14. The molecule has 27 heavy (non-hydrogen) atoms. The number of carbonyl (C=O) groups excluding carboxylic acids is 1. The lowest BCUT2D eigenvalue weighted by molar-refractivity contribution is -0.122. The zero-order chi connectivity index (χ0) is 19.7. The maximum Gasteiger partial charge on any atom is 0.240 e. The van der Waals surface area contributed by atoms with E-state index in [-0.39, 0.29) is 48.5 Å². The van der Waals surface area contributed by atoms with Gasteiger partial charge >= 0.3 is 0 Å². The molecule has 1 aromatic rings. The van der Waals surface area contributed by atoms with Crippen LogP contribution in [0.25, 0.3) is 0 Å². The van der Waals surface area contributed by atoms with Gasteiger partial charge in [-0.2, -0.15) is 0 Å². The predicted molar refractivity (Wildman–Crippen MR) is 120 cm³/mol. The van der Waals surface area contributed by atoms with Gasteiger partial charge in [0.05, 0.1) is 26.3 Å². The van der Waals surface area contributed by atoms with Gasteiger partial charge in [0.15, 0.2) is 5.96 Å². The summed E-state index contributed by atoms with van der Waals surface area (Å²) in [5.74, 6) is 1.17. The molecule has 0 heterocycles. The summed E-state index contributed by atoms with van der Waals surface area (Å²) in [6, 6.07) is 7.27. The number of halogens is 1. The number of nitrogens with one attached hydrogen (secondary N) is 2. The number of ether oxygens (including phenoxy) is 1. The van der Waals surface area contributed by atoms with Crippen LogP contribution in [0, 0.1) is 0 Å². The van der Waals surface area contributed by atoms with Crippen LogP contribution < -0.4 is 15.4 Å². The van der Waals surface area contributed by atoms with E-state index < -0.39 is 6.10 Å². The lowest BCUT2D eigenvalue weighted by Gasteiger charge is -2.25. The summed E-state index contributed by atoms with van der Waals surface area (Å²) < 4.78 is 5.18. The molecule has 0 aromatic heterocycles. The summed E-state index contributed by atoms with van der Waals surface area (Å²) in [5.41, 5.74) is 0.452. The average Bonchev–Trinajstić information content (AvgIpc) is 2.56. The maximum atomic E-state index is 12.1. The number of amides is 1. The molecule has 0 aliphatic rings. The fourth-order valence-corrected chi connectivity index (χ4v) is 2.34. The maximum absolute atomic E-state index is 12.1. The summed E-state index contributed by atoms with van der Waals surface area (Å²) in [5, 5.41) is 16.4. The molecular weight excluding hydrogens is 459 g/mol. The molecule has 1 atom stereocenters. The Labute approximate surface area is 179 Å². The third kappa shape index (κ3) is 9.81. The summed E-state index contributed by atoms with van der Waals surface area (Å²) in [6.45, 7) is 8.80.